The summed E-state index contributed by atoms with van der Waals surface area (Å²) < 4.78 is 30.3. The number of hydrogen-bond donors (Lipinski definition) is 0. The van der Waals surface area contributed by atoms with Crippen molar-refractivity contribution in [3.63, 3.8) is 0 Å². The smallest absolute Gasteiger partial charge is 0.226 e. The average molecular weight is 375 g/mol. The molecule has 0 spiro atoms. The summed E-state index contributed by atoms with van der Waals surface area (Å²) in [6.07, 6.45) is 2.61. The van der Waals surface area contributed by atoms with Crippen LogP contribution >= 0.6 is 11.6 Å². The summed E-state index contributed by atoms with van der Waals surface area (Å²) in [5.74, 6) is 0.373. The third kappa shape index (κ3) is 5.36. The van der Waals surface area contributed by atoms with Gasteiger partial charge in [-0.15, -0.1) is 0 Å². The third-order valence-electron chi connectivity index (χ3n) is 4.09. The normalized spacial score (nSPS) is 19.0. The molecule has 1 atom stereocenters. The number of nitrogens with zero attached hydrogens (tertiary/aromatic N) is 2. The molecule has 1 fully saturated rings. The maximum absolute atomic E-state index is 12.5. The first-order chi connectivity index (χ1) is 11.3. The number of amides is 1. The highest BCUT2D eigenvalue weighted by atomic mass is 35.5. The second kappa shape index (κ2) is 8.18. The number of hydrogen-bond acceptors (Lipinski definition) is 4. The van der Waals surface area contributed by atoms with Crippen LogP contribution in [0, 0.1) is 5.92 Å². The number of carbonyl (C=O) groups is 1. The molecule has 1 aliphatic rings. The van der Waals surface area contributed by atoms with Crippen LogP contribution in [-0.4, -0.2) is 63.1 Å². The van der Waals surface area contributed by atoms with Crippen molar-refractivity contribution in [2.75, 3.05) is 39.5 Å². The summed E-state index contributed by atoms with van der Waals surface area (Å²) in [5.41, 5.74) is 0. The lowest BCUT2D eigenvalue weighted by molar-refractivity contribution is -0.135. The van der Waals surface area contributed by atoms with E-state index in [2.05, 4.69) is 0 Å². The molecule has 0 radical (unpaired) electrons. The molecule has 8 heteroatoms. The molecule has 1 unspecified atom stereocenters. The molecule has 0 N–H and O–H groups in total. The molecule has 0 saturated carbocycles. The number of likely N-dealkylation sites (N-methyl/N-ethyl adjacent to an activating group) is 1. The number of sulfonamides is 1. The van der Waals surface area contributed by atoms with Crippen LogP contribution in [0.25, 0.3) is 0 Å². The maximum Gasteiger partial charge on any atom is 0.226 e. The van der Waals surface area contributed by atoms with E-state index in [0.717, 1.165) is 0 Å². The zero-order chi connectivity index (χ0) is 17.7. The van der Waals surface area contributed by atoms with Crippen molar-refractivity contribution in [1.82, 2.24) is 9.21 Å². The molecule has 2 rings (SSSR count). The van der Waals surface area contributed by atoms with Crippen LogP contribution < -0.4 is 4.74 Å². The zero-order valence-electron chi connectivity index (χ0n) is 13.9. The van der Waals surface area contributed by atoms with Crippen LogP contribution in [0.15, 0.2) is 24.3 Å². The van der Waals surface area contributed by atoms with Gasteiger partial charge in [-0.1, -0.05) is 11.6 Å². The van der Waals surface area contributed by atoms with Gasteiger partial charge in [0.1, 0.15) is 12.4 Å². The van der Waals surface area contributed by atoms with E-state index in [-0.39, 0.29) is 18.4 Å². The van der Waals surface area contributed by atoms with Crippen LogP contribution in [0.3, 0.4) is 0 Å². The summed E-state index contributed by atoms with van der Waals surface area (Å²) in [6.45, 7) is 1.56. The lowest BCUT2D eigenvalue weighted by Crippen LogP contribution is -2.46. The highest BCUT2D eigenvalue weighted by Crippen LogP contribution is 2.20. The highest BCUT2D eigenvalue weighted by molar-refractivity contribution is 7.88. The van der Waals surface area contributed by atoms with Gasteiger partial charge in [-0.25, -0.2) is 12.7 Å². The van der Waals surface area contributed by atoms with Gasteiger partial charge < -0.3 is 9.64 Å². The number of piperidine rings is 1. The van der Waals surface area contributed by atoms with Gasteiger partial charge in [-0.3, -0.25) is 4.79 Å². The summed E-state index contributed by atoms with van der Waals surface area (Å²) in [7, 11) is -1.53. The molecular formula is C16H23ClN2O4S. The first-order valence-corrected chi connectivity index (χ1v) is 10.1. The highest BCUT2D eigenvalue weighted by Gasteiger charge is 2.31. The number of carbonyl (C=O) groups excluding carboxylic acids is 1. The van der Waals surface area contributed by atoms with Gasteiger partial charge in [0.05, 0.1) is 18.7 Å². The summed E-state index contributed by atoms with van der Waals surface area (Å²) >= 11 is 5.81. The Morgan fingerprint density at radius 3 is 2.67 bits per heavy atom. The van der Waals surface area contributed by atoms with Crippen molar-refractivity contribution in [2.24, 2.45) is 5.92 Å². The molecule has 0 aliphatic carbocycles. The molecule has 134 valence electrons. The Balaban J connectivity index is 1.82. The number of ether oxygens (including phenoxy) is 1. The van der Waals surface area contributed by atoms with Crippen molar-refractivity contribution in [3.8, 4) is 5.75 Å². The van der Waals surface area contributed by atoms with E-state index in [1.807, 2.05) is 0 Å². The number of halogens is 1. The molecule has 6 nitrogen and oxygen atoms in total. The zero-order valence-corrected chi connectivity index (χ0v) is 15.5. The molecule has 24 heavy (non-hydrogen) atoms. The van der Waals surface area contributed by atoms with E-state index in [1.54, 1.807) is 36.2 Å². The van der Waals surface area contributed by atoms with Crippen LogP contribution in [0.2, 0.25) is 5.02 Å². The predicted molar refractivity (Wildman–Crippen MR) is 93.7 cm³/mol. The Morgan fingerprint density at radius 2 is 2.04 bits per heavy atom. The summed E-state index contributed by atoms with van der Waals surface area (Å²) in [4.78, 5) is 14.1. The van der Waals surface area contributed by atoms with Crippen molar-refractivity contribution in [3.05, 3.63) is 29.3 Å². The third-order valence-corrected chi connectivity index (χ3v) is 5.61. The van der Waals surface area contributed by atoms with Gasteiger partial charge in [0.15, 0.2) is 0 Å². The minimum atomic E-state index is -3.25. The van der Waals surface area contributed by atoms with Gasteiger partial charge in [0.25, 0.3) is 0 Å². The maximum atomic E-state index is 12.5. The van der Waals surface area contributed by atoms with Crippen LogP contribution in [0.4, 0.5) is 0 Å². The van der Waals surface area contributed by atoms with Gasteiger partial charge >= 0.3 is 0 Å². The van der Waals surface area contributed by atoms with Crippen molar-refractivity contribution >= 4 is 27.5 Å². The SMILES string of the molecule is CN(CCOc1ccc(Cl)cc1)C(=O)C1CCCN(S(C)(=O)=O)C1. The Hall–Kier alpha value is -1.31. The Labute approximate surface area is 148 Å². The van der Waals surface area contributed by atoms with Gasteiger partial charge in [-0.05, 0) is 37.1 Å². The van der Waals surface area contributed by atoms with E-state index in [9.17, 15) is 13.2 Å². The molecule has 1 aliphatic heterocycles. The Kier molecular flexibility index (Phi) is 6.48. The fraction of sp³-hybridized carbons (Fsp3) is 0.562. The first-order valence-electron chi connectivity index (χ1n) is 7.86. The second-order valence-corrected chi connectivity index (χ2v) is 8.44. The van der Waals surface area contributed by atoms with Crippen LogP contribution in [-0.2, 0) is 14.8 Å². The monoisotopic (exact) mass is 374 g/mol. The van der Waals surface area contributed by atoms with E-state index in [4.69, 9.17) is 16.3 Å². The number of rotatable bonds is 6. The first kappa shape index (κ1) is 19.0. The van der Waals surface area contributed by atoms with Crippen molar-refractivity contribution < 1.29 is 17.9 Å². The topological polar surface area (TPSA) is 66.9 Å². The second-order valence-electron chi connectivity index (χ2n) is 6.02. The van der Waals surface area contributed by atoms with Crippen molar-refractivity contribution in [2.45, 2.75) is 12.8 Å². The van der Waals surface area contributed by atoms with E-state index in [0.29, 0.717) is 43.3 Å². The molecule has 1 saturated heterocycles. The van der Waals surface area contributed by atoms with E-state index < -0.39 is 10.0 Å². The summed E-state index contributed by atoms with van der Waals surface area (Å²) in [6, 6.07) is 7.03. The molecule has 1 amide bonds. The van der Waals surface area contributed by atoms with Gasteiger partial charge in [-0.2, -0.15) is 0 Å². The molecule has 1 aromatic rings. The van der Waals surface area contributed by atoms with E-state index >= 15 is 0 Å². The molecule has 1 aromatic carbocycles. The lowest BCUT2D eigenvalue weighted by Gasteiger charge is -2.32. The standard InChI is InChI=1S/C16H23ClN2O4S/c1-18(10-11-23-15-7-5-14(17)6-8-15)16(20)13-4-3-9-19(12-13)24(2,21)22/h5-8,13H,3-4,9-12H2,1-2H3. The van der Waals surface area contributed by atoms with Crippen LogP contribution in [0.5, 0.6) is 5.75 Å². The predicted octanol–water partition coefficient (Wildman–Crippen LogP) is 1.85. The van der Waals surface area contributed by atoms with Crippen LogP contribution in [0.1, 0.15) is 12.8 Å². The van der Waals surface area contributed by atoms with Gasteiger partial charge in [0, 0.05) is 25.2 Å². The quantitative estimate of drug-likeness (QED) is 0.762. The molecule has 1 heterocycles. The fourth-order valence-corrected chi connectivity index (χ4v) is 3.74. The average Bonchev–Trinajstić information content (AvgIpc) is 2.55. The van der Waals surface area contributed by atoms with Crippen molar-refractivity contribution in [1.29, 1.82) is 0 Å². The van der Waals surface area contributed by atoms with Gasteiger partial charge in [0.2, 0.25) is 15.9 Å². The molecule has 0 bridgehead atoms. The minimum absolute atomic E-state index is 0.0388. The Morgan fingerprint density at radius 1 is 1.38 bits per heavy atom. The lowest BCUT2D eigenvalue weighted by atomic mass is 9.98. The van der Waals surface area contributed by atoms with E-state index in [1.165, 1.54) is 10.6 Å². The minimum Gasteiger partial charge on any atom is -0.492 e. The number of benzene rings is 1. The Bertz CT molecular complexity index is 663. The largest absolute Gasteiger partial charge is 0.492 e. The molecule has 0 aromatic heterocycles. The molecular weight excluding hydrogens is 352 g/mol. The summed E-state index contributed by atoms with van der Waals surface area (Å²) in [5, 5.41) is 0.641. The fourth-order valence-electron chi connectivity index (χ4n) is 2.70.